The van der Waals surface area contributed by atoms with Crippen molar-refractivity contribution in [2.45, 2.75) is 17.9 Å². The molecule has 3 nitrogen and oxygen atoms in total. The number of likely N-dealkylation sites (tertiary alicyclic amines) is 1. The lowest BCUT2D eigenvalue weighted by Crippen LogP contribution is -2.56. The van der Waals surface area contributed by atoms with Crippen LogP contribution in [0, 0.1) is 17.3 Å². The van der Waals surface area contributed by atoms with Gasteiger partial charge in [0, 0.05) is 23.9 Å². The Hall–Kier alpha value is -3.30. The number of ketones is 2. The zero-order chi connectivity index (χ0) is 22.4. The highest BCUT2D eigenvalue weighted by Crippen LogP contribution is 2.69. The van der Waals surface area contributed by atoms with Gasteiger partial charge in [-0.05, 0) is 41.3 Å². The fourth-order valence-corrected chi connectivity index (χ4v) is 7.75. The average molecular weight is 432 g/mol. The molecule has 162 valence electrons. The van der Waals surface area contributed by atoms with E-state index < -0.39 is 11.0 Å². The van der Waals surface area contributed by atoms with Crippen molar-refractivity contribution in [3.8, 4) is 0 Å². The minimum absolute atomic E-state index is 0.0443. The highest BCUT2D eigenvalue weighted by Gasteiger charge is 2.76. The van der Waals surface area contributed by atoms with Gasteiger partial charge in [0.2, 0.25) is 0 Å². The molecule has 0 radical (unpaired) electrons. The van der Waals surface area contributed by atoms with Crippen LogP contribution < -0.4 is 0 Å². The first-order chi connectivity index (χ1) is 16.1. The molecule has 1 heterocycles. The second kappa shape index (κ2) is 6.39. The molecule has 0 N–H and O–H groups in total. The number of nitrogens with zero attached hydrogens (tertiary/aromatic N) is 1. The minimum atomic E-state index is -0.979. The summed E-state index contributed by atoms with van der Waals surface area (Å²) in [4.78, 5) is 31.4. The number of benzene rings is 3. The topological polar surface area (TPSA) is 37.4 Å². The van der Waals surface area contributed by atoms with Crippen LogP contribution in [0.1, 0.15) is 33.8 Å². The van der Waals surface area contributed by atoms with E-state index in [-0.39, 0.29) is 29.3 Å². The molecule has 7 rings (SSSR count). The number of carbonyl (C=O) groups is 2. The van der Waals surface area contributed by atoms with Crippen LogP contribution in [0.2, 0.25) is 0 Å². The second-order valence-corrected chi connectivity index (χ2v) is 10.1. The van der Waals surface area contributed by atoms with E-state index in [9.17, 15) is 9.59 Å². The summed E-state index contributed by atoms with van der Waals surface area (Å²) in [6.45, 7) is 0.679. The van der Waals surface area contributed by atoms with E-state index >= 15 is 0 Å². The maximum absolute atomic E-state index is 14.6. The van der Waals surface area contributed by atoms with Crippen LogP contribution in [0.5, 0.6) is 0 Å². The second-order valence-electron chi connectivity index (χ2n) is 10.1. The highest BCUT2D eigenvalue weighted by atomic mass is 16.1. The maximum atomic E-state index is 14.6. The zero-order valence-corrected chi connectivity index (χ0v) is 18.6. The van der Waals surface area contributed by atoms with Crippen molar-refractivity contribution in [1.29, 1.82) is 0 Å². The number of Topliss-reactive ketones (excluding diaryl/α,β-unsaturated/α-hetero) is 2. The van der Waals surface area contributed by atoms with Crippen molar-refractivity contribution in [1.82, 2.24) is 4.90 Å². The number of hydrogen-bond acceptors (Lipinski definition) is 3. The number of fused-ring (bicyclic) bond motifs is 3. The first kappa shape index (κ1) is 19.2. The van der Waals surface area contributed by atoms with Gasteiger partial charge in [-0.15, -0.1) is 0 Å². The van der Waals surface area contributed by atoms with Gasteiger partial charge in [0.15, 0.2) is 5.78 Å². The molecule has 3 aliphatic carbocycles. The Morgan fingerprint density at radius 2 is 1.64 bits per heavy atom. The van der Waals surface area contributed by atoms with Crippen LogP contribution in [0.3, 0.4) is 0 Å². The van der Waals surface area contributed by atoms with Crippen LogP contribution >= 0.6 is 0 Å². The van der Waals surface area contributed by atoms with Gasteiger partial charge in [0.1, 0.15) is 11.3 Å². The number of likely N-dealkylation sites (N-methyl/N-ethyl adjacent to an activating group) is 1. The molecule has 2 unspecified atom stereocenters. The van der Waals surface area contributed by atoms with Crippen LogP contribution in [0.15, 0.2) is 91.0 Å². The Labute approximate surface area is 193 Å². The molecule has 0 amide bonds. The fraction of sp³-hybridized carbons (Fsp3) is 0.267. The van der Waals surface area contributed by atoms with Crippen molar-refractivity contribution in [2.24, 2.45) is 17.3 Å². The van der Waals surface area contributed by atoms with Gasteiger partial charge in [-0.25, -0.2) is 0 Å². The van der Waals surface area contributed by atoms with Gasteiger partial charge in [0.25, 0.3) is 0 Å². The molecule has 1 saturated carbocycles. The molecular formula is C30H25NO2. The first-order valence-electron chi connectivity index (χ1n) is 11.8. The third-order valence-electron chi connectivity index (χ3n) is 8.89. The Bertz CT molecular complexity index is 1400. The summed E-state index contributed by atoms with van der Waals surface area (Å²) in [5.41, 5.74) is 1.13. The van der Waals surface area contributed by atoms with Crippen LogP contribution in [-0.4, -0.2) is 30.1 Å². The van der Waals surface area contributed by atoms with Crippen molar-refractivity contribution in [3.05, 3.63) is 108 Å². The summed E-state index contributed by atoms with van der Waals surface area (Å²) >= 11 is 0. The van der Waals surface area contributed by atoms with E-state index in [2.05, 4.69) is 53.5 Å². The Morgan fingerprint density at radius 1 is 0.879 bits per heavy atom. The van der Waals surface area contributed by atoms with Gasteiger partial charge in [-0.3, -0.25) is 14.5 Å². The van der Waals surface area contributed by atoms with Crippen molar-refractivity contribution in [3.63, 3.8) is 0 Å². The number of rotatable bonds is 1. The normalized spacial score (nSPS) is 34.3. The standard InChI is InChI=1S/C30H25NO2/c1-31-18-25(19-9-3-2-4-10-19)29(17-21-11-5-6-14-22(21)27(29)32)30(31)24-16-8-13-20-12-7-15-23(26(20)24)28(30)33/h2-16,21-22,25H,17-18H2,1H3/t21?,22?,25-,29+,30+/m1/s1. The van der Waals surface area contributed by atoms with Crippen LogP contribution in [-0.2, 0) is 10.3 Å². The largest absolute Gasteiger partial charge is 0.298 e. The summed E-state index contributed by atoms with van der Waals surface area (Å²) < 4.78 is 0. The monoisotopic (exact) mass is 431 g/mol. The molecule has 3 aromatic rings. The smallest absolute Gasteiger partial charge is 0.189 e. The molecule has 3 aromatic carbocycles. The molecule has 2 spiro atoms. The van der Waals surface area contributed by atoms with Crippen LogP contribution in [0.4, 0.5) is 0 Å². The van der Waals surface area contributed by atoms with Crippen LogP contribution in [0.25, 0.3) is 10.8 Å². The summed E-state index contributed by atoms with van der Waals surface area (Å²) in [5.74, 6) is 0.241. The quantitative estimate of drug-likeness (QED) is 0.526. The lowest BCUT2D eigenvalue weighted by atomic mass is 9.58. The molecular weight excluding hydrogens is 406 g/mol. The van der Waals surface area contributed by atoms with Gasteiger partial charge in [-0.2, -0.15) is 0 Å². The zero-order valence-electron chi connectivity index (χ0n) is 18.6. The molecule has 3 heteroatoms. The van der Waals surface area contributed by atoms with E-state index in [1.807, 2.05) is 49.5 Å². The van der Waals surface area contributed by atoms with E-state index in [1.165, 1.54) is 0 Å². The lowest BCUT2D eigenvalue weighted by molar-refractivity contribution is -0.132. The van der Waals surface area contributed by atoms with E-state index in [4.69, 9.17) is 0 Å². The van der Waals surface area contributed by atoms with Gasteiger partial charge in [0.05, 0.1) is 5.41 Å². The van der Waals surface area contributed by atoms with Crippen molar-refractivity contribution in [2.75, 3.05) is 13.6 Å². The predicted molar refractivity (Wildman–Crippen MR) is 129 cm³/mol. The van der Waals surface area contributed by atoms with Crippen molar-refractivity contribution >= 4 is 22.3 Å². The summed E-state index contributed by atoms with van der Waals surface area (Å²) in [5, 5.41) is 2.10. The predicted octanol–water partition coefficient (Wildman–Crippen LogP) is 5.28. The van der Waals surface area contributed by atoms with E-state index in [1.54, 1.807) is 0 Å². The summed E-state index contributed by atoms with van der Waals surface area (Å²) in [6.07, 6.45) is 8.98. The Balaban J connectivity index is 1.58. The SMILES string of the molecule is CN1C[C@H](c2ccccc2)[C@]2(CC3C=CC=CC3C2=O)[C@]12C(=O)c1cccc3cccc2c13. The fourth-order valence-electron chi connectivity index (χ4n) is 7.75. The van der Waals surface area contributed by atoms with Crippen molar-refractivity contribution < 1.29 is 9.59 Å². The molecule has 0 bridgehead atoms. The Morgan fingerprint density at radius 3 is 2.42 bits per heavy atom. The van der Waals surface area contributed by atoms with Gasteiger partial charge < -0.3 is 0 Å². The molecule has 1 saturated heterocycles. The summed E-state index contributed by atoms with van der Waals surface area (Å²) in [7, 11) is 2.05. The summed E-state index contributed by atoms with van der Waals surface area (Å²) in [6, 6.07) is 22.6. The number of carbonyl (C=O) groups excluding carboxylic acids is 2. The maximum Gasteiger partial charge on any atom is 0.189 e. The van der Waals surface area contributed by atoms with E-state index in [0.717, 1.165) is 27.5 Å². The average Bonchev–Trinajstić information content (AvgIpc) is 3.40. The highest BCUT2D eigenvalue weighted by molar-refractivity contribution is 6.23. The molecule has 33 heavy (non-hydrogen) atoms. The minimum Gasteiger partial charge on any atom is -0.298 e. The van der Waals surface area contributed by atoms with Gasteiger partial charge >= 0.3 is 0 Å². The third kappa shape index (κ3) is 2.06. The van der Waals surface area contributed by atoms with Gasteiger partial charge in [-0.1, -0.05) is 91.0 Å². The number of hydrogen-bond donors (Lipinski definition) is 0. The molecule has 5 atom stereocenters. The Kier molecular flexibility index (Phi) is 3.72. The molecule has 2 fully saturated rings. The number of allylic oxidation sites excluding steroid dienone is 4. The molecule has 0 aromatic heterocycles. The third-order valence-corrected chi connectivity index (χ3v) is 8.89. The lowest BCUT2D eigenvalue weighted by Gasteiger charge is -2.45. The first-order valence-corrected chi connectivity index (χ1v) is 11.8. The van der Waals surface area contributed by atoms with E-state index in [0.29, 0.717) is 13.0 Å². The molecule has 4 aliphatic rings. The molecule has 1 aliphatic heterocycles.